The molecule has 21 heavy (non-hydrogen) atoms. The lowest BCUT2D eigenvalue weighted by Crippen LogP contribution is -2.23. The molecule has 2 aromatic carbocycles. The van der Waals surface area contributed by atoms with Crippen LogP contribution in [-0.2, 0) is 6.54 Å². The summed E-state index contributed by atoms with van der Waals surface area (Å²) in [5.41, 5.74) is 6.31. The van der Waals surface area contributed by atoms with Gasteiger partial charge in [0.1, 0.15) is 5.69 Å². The summed E-state index contributed by atoms with van der Waals surface area (Å²) in [4.78, 5) is 22.0. The third-order valence-electron chi connectivity index (χ3n) is 2.88. The van der Waals surface area contributed by atoms with Gasteiger partial charge in [0.25, 0.3) is 11.6 Å². The first kappa shape index (κ1) is 14.8. The zero-order valence-electron chi connectivity index (χ0n) is 10.9. The molecule has 0 unspecified atom stereocenters. The van der Waals surface area contributed by atoms with Crippen molar-refractivity contribution in [3.63, 3.8) is 0 Å². The van der Waals surface area contributed by atoms with E-state index in [1.807, 2.05) is 6.07 Å². The minimum absolute atomic E-state index is 0.0506. The average molecular weight is 306 g/mol. The molecule has 0 aliphatic carbocycles. The van der Waals surface area contributed by atoms with Gasteiger partial charge in [-0.1, -0.05) is 29.8 Å². The number of nitro benzene ring substituents is 1. The van der Waals surface area contributed by atoms with Gasteiger partial charge in [-0.3, -0.25) is 14.9 Å². The zero-order chi connectivity index (χ0) is 15.4. The molecule has 108 valence electrons. The molecule has 2 aromatic rings. The molecule has 0 atom stereocenters. The van der Waals surface area contributed by atoms with Crippen LogP contribution >= 0.6 is 11.6 Å². The molecule has 0 heterocycles. The number of hydrogen-bond donors (Lipinski definition) is 2. The summed E-state index contributed by atoms with van der Waals surface area (Å²) in [7, 11) is 0. The van der Waals surface area contributed by atoms with Gasteiger partial charge < -0.3 is 11.1 Å². The maximum atomic E-state index is 12.0. The van der Waals surface area contributed by atoms with E-state index in [1.165, 1.54) is 18.2 Å². The van der Waals surface area contributed by atoms with E-state index in [4.69, 9.17) is 17.3 Å². The Morgan fingerprint density at radius 2 is 2.00 bits per heavy atom. The highest BCUT2D eigenvalue weighted by atomic mass is 35.5. The Morgan fingerprint density at radius 3 is 2.62 bits per heavy atom. The van der Waals surface area contributed by atoms with Gasteiger partial charge in [-0.05, 0) is 23.8 Å². The number of benzene rings is 2. The molecule has 0 bridgehead atoms. The van der Waals surface area contributed by atoms with Crippen molar-refractivity contribution in [3.05, 3.63) is 68.7 Å². The number of anilines is 1. The predicted octanol–water partition coefficient (Wildman–Crippen LogP) is 2.76. The molecule has 0 saturated carbocycles. The van der Waals surface area contributed by atoms with E-state index < -0.39 is 4.92 Å². The molecule has 6 nitrogen and oxygen atoms in total. The van der Waals surface area contributed by atoms with Crippen molar-refractivity contribution in [1.29, 1.82) is 0 Å². The smallest absolute Gasteiger partial charge is 0.292 e. The van der Waals surface area contributed by atoms with Crippen LogP contribution in [0.5, 0.6) is 0 Å². The summed E-state index contributed by atoms with van der Waals surface area (Å²) in [6.45, 7) is 0.259. The van der Waals surface area contributed by atoms with Crippen molar-refractivity contribution in [2.24, 2.45) is 0 Å². The number of hydrogen-bond acceptors (Lipinski definition) is 4. The Morgan fingerprint density at radius 1 is 1.29 bits per heavy atom. The number of nitrogens with zero attached hydrogens (tertiary/aromatic N) is 1. The van der Waals surface area contributed by atoms with Gasteiger partial charge in [-0.25, -0.2) is 0 Å². The zero-order valence-corrected chi connectivity index (χ0v) is 11.6. The van der Waals surface area contributed by atoms with Crippen LogP contribution in [0.2, 0.25) is 5.02 Å². The molecule has 0 aromatic heterocycles. The number of carbonyl (C=O) groups excluding carboxylic acids is 1. The number of nitro groups is 1. The largest absolute Gasteiger partial charge is 0.393 e. The van der Waals surface area contributed by atoms with E-state index in [0.29, 0.717) is 5.02 Å². The Hall–Kier alpha value is -2.60. The Labute approximate surface area is 125 Å². The quantitative estimate of drug-likeness (QED) is 0.515. The summed E-state index contributed by atoms with van der Waals surface area (Å²) < 4.78 is 0. The van der Waals surface area contributed by atoms with Gasteiger partial charge in [0.2, 0.25) is 0 Å². The number of amides is 1. The maximum Gasteiger partial charge on any atom is 0.292 e. The first-order valence-corrected chi connectivity index (χ1v) is 6.42. The van der Waals surface area contributed by atoms with Crippen molar-refractivity contribution < 1.29 is 9.72 Å². The van der Waals surface area contributed by atoms with Crippen molar-refractivity contribution in [3.8, 4) is 0 Å². The van der Waals surface area contributed by atoms with Crippen LogP contribution in [0.15, 0.2) is 42.5 Å². The third kappa shape index (κ3) is 3.49. The molecule has 0 saturated heterocycles. The van der Waals surface area contributed by atoms with Crippen LogP contribution in [0.1, 0.15) is 15.9 Å². The fourth-order valence-corrected chi connectivity index (χ4v) is 1.98. The first-order chi connectivity index (χ1) is 9.99. The second-order valence-corrected chi connectivity index (χ2v) is 4.71. The summed E-state index contributed by atoms with van der Waals surface area (Å²) in [6.07, 6.45) is 0. The van der Waals surface area contributed by atoms with Crippen molar-refractivity contribution >= 4 is 28.9 Å². The van der Waals surface area contributed by atoms with Gasteiger partial charge in [-0.15, -0.1) is 0 Å². The lowest BCUT2D eigenvalue weighted by atomic mass is 10.1. The molecular weight excluding hydrogens is 294 g/mol. The lowest BCUT2D eigenvalue weighted by molar-refractivity contribution is -0.383. The molecular formula is C14H12ClN3O3. The van der Waals surface area contributed by atoms with Crippen LogP contribution in [0.4, 0.5) is 11.4 Å². The highest BCUT2D eigenvalue weighted by Gasteiger charge is 2.14. The molecule has 0 fully saturated rings. The fraction of sp³-hybridized carbons (Fsp3) is 0.0714. The van der Waals surface area contributed by atoms with Crippen molar-refractivity contribution in [1.82, 2.24) is 5.32 Å². The van der Waals surface area contributed by atoms with E-state index in [-0.39, 0.29) is 29.4 Å². The molecule has 3 N–H and O–H groups in total. The fourth-order valence-electron chi connectivity index (χ4n) is 1.78. The second kappa shape index (κ2) is 6.23. The van der Waals surface area contributed by atoms with Crippen LogP contribution in [0.25, 0.3) is 0 Å². The van der Waals surface area contributed by atoms with Crippen LogP contribution in [0.3, 0.4) is 0 Å². The summed E-state index contributed by atoms with van der Waals surface area (Å²) in [6, 6.07) is 11.0. The molecule has 0 spiro atoms. The standard InChI is InChI=1S/C14H12ClN3O3/c15-11-4-2-1-3-10(11)8-17-14(19)9-5-6-13(18(20)21)12(16)7-9/h1-7H,8,16H2,(H,17,19). The third-order valence-corrected chi connectivity index (χ3v) is 3.25. The topological polar surface area (TPSA) is 98.3 Å². The van der Waals surface area contributed by atoms with Gasteiger partial charge in [-0.2, -0.15) is 0 Å². The van der Waals surface area contributed by atoms with E-state index in [9.17, 15) is 14.9 Å². The maximum absolute atomic E-state index is 12.0. The van der Waals surface area contributed by atoms with Crippen LogP contribution in [0, 0.1) is 10.1 Å². The number of rotatable bonds is 4. The predicted molar refractivity (Wildman–Crippen MR) is 80.1 cm³/mol. The second-order valence-electron chi connectivity index (χ2n) is 4.30. The Kier molecular flexibility index (Phi) is 4.39. The number of nitrogens with two attached hydrogens (primary N) is 1. The summed E-state index contributed by atoms with van der Waals surface area (Å²) in [5.74, 6) is -0.378. The Balaban J connectivity index is 2.09. The minimum atomic E-state index is -0.596. The van der Waals surface area contributed by atoms with E-state index in [2.05, 4.69) is 5.32 Å². The number of halogens is 1. The SMILES string of the molecule is Nc1cc(C(=O)NCc2ccccc2Cl)ccc1[N+](=O)[O-]. The molecule has 7 heteroatoms. The van der Waals surface area contributed by atoms with Crippen molar-refractivity contribution in [2.75, 3.05) is 5.73 Å². The average Bonchev–Trinajstić information content (AvgIpc) is 2.45. The van der Waals surface area contributed by atoms with E-state index in [0.717, 1.165) is 5.56 Å². The number of carbonyl (C=O) groups is 1. The minimum Gasteiger partial charge on any atom is -0.393 e. The highest BCUT2D eigenvalue weighted by Crippen LogP contribution is 2.22. The Bertz CT molecular complexity index is 704. The summed E-state index contributed by atoms with van der Waals surface area (Å²) >= 11 is 5.99. The molecule has 1 amide bonds. The molecule has 0 aliphatic heterocycles. The number of nitrogen functional groups attached to an aromatic ring is 1. The van der Waals surface area contributed by atoms with E-state index in [1.54, 1.807) is 18.2 Å². The van der Waals surface area contributed by atoms with Gasteiger partial charge in [0.15, 0.2) is 0 Å². The summed E-state index contributed by atoms with van der Waals surface area (Å²) in [5, 5.41) is 13.9. The van der Waals surface area contributed by atoms with E-state index >= 15 is 0 Å². The van der Waals surface area contributed by atoms with Gasteiger partial charge in [0.05, 0.1) is 4.92 Å². The normalized spacial score (nSPS) is 10.1. The monoisotopic (exact) mass is 305 g/mol. The van der Waals surface area contributed by atoms with Gasteiger partial charge >= 0.3 is 0 Å². The lowest BCUT2D eigenvalue weighted by Gasteiger charge is -2.07. The highest BCUT2D eigenvalue weighted by molar-refractivity contribution is 6.31. The van der Waals surface area contributed by atoms with Crippen LogP contribution in [-0.4, -0.2) is 10.8 Å². The molecule has 0 aliphatic rings. The first-order valence-electron chi connectivity index (χ1n) is 6.04. The molecule has 2 rings (SSSR count). The molecule has 0 radical (unpaired) electrons. The van der Waals surface area contributed by atoms with Crippen LogP contribution < -0.4 is 11.1 Å². The van der Waals surface area contributed by atoms with Crippen molar-refractivity contribution in [2.45, 2.75) is 6.54 Å². The van der Waals surface area contributed by atoms with Gasteiger partial charge in [0, 0.05) is 23.2 Å². The number of nitrogens with one attached hydrogen (secondary N) is 1.